The Hall–Kier alpha value is -1.69. The summed E-state index contributed by atoms with van der Waals surface area (Å²) in [5.41, 5.74) is -0.117. The van der Waals surface area contributed by atoms with E-state index in [4.69, 9.17) is 0 Å². The molecule has 0 saturated carbocycles. The van der Waals surface area contributed by atoms with Crippen LogP contribution in [0.15, 0.2) is 34.8 Å². The van der Waals surface area contributed by atoms with Crippen LogP contribution in [0.3, 0.4) is 0 Å². The van der Waals surface area contributed by atoms with Crippen LogP contribution < -0.4 is 5.32 Å². The van der Waals surface area contributed by atoms with Crippen molar-refractivity contribution in [1.82, 2.24) is 0 Å². The highest BCUT2D eigenvalue weighted by atomic mass is 79.9. The quantitative estimate of drug-likeness (QED) is 0.884. The van der Waals surface area contributed by atoms with Gasteiger partial charge < -0.3 is 10.4 Å². The fourth-order valence-corrected chi connectivity index (χ4v) is 1.99. The molecule has 0 bridgehead atoms. The second kappa shape index (κ2) is 5.52. The first-order chi connectivity index (χ1) is 8.97. The van der Waals surface area contributed by atoms with E-state index in [-0.39, 0.29) is 28.0 Å². The summed E-state index contributed by atoms with van der Waals surface area (Å²) < 4.78 is 40.3. The molecular formula is C13H9BrF3NO. The molecule has 0 aliphatic rings. The van der Waals surface area contributed by atoms with Gasteiger partial charge in [-0.25, -0.2) is 13.2 Å². The van der Waals surface area contributed by atoms with Gasteiger partial charge in [0.05, 0.1) is 0 Å². The number of nitrogens with one attached hydrogen (secondary N) is 1. The Balaban J connectivity index is 2.21. The van der Waals surface area contributed by atoms with E-state index < -0.39 is 17.5 Å². The van der Waals surface area contributed by atoms with Crippen molar-refractivity contribution in [2.75, 3.05) is 5.32 Å². The first-order valence-electron chi connectivity index (χ1n) is 5.33. The number of anilines is 1. The van der Waals surface area contributed by atoms with E-state index in [1.807, 2.05) is 0 Å². The molecule has 0 amide bonds. The van der Waals surface area contributed by atoms with Gasteiger partial charge in [0.1, 0.15) is 28.9 Å². The first kappa shape index (κ1) is 13.7. The van der Waals surface area contributed by atoms with Crippen molar-refractivity contribution in [2.24, 2.45) is 0 Å². The molecule has 2 nitrogen and oxygen atoms in total. The van der Waals surface area contributed by atoms with Crippen molar-refractivity contribution in [3.63, 3.8) is 0 Å². The van der Waals surface area contributed by atoms with Crippen molar-refractivity contribution in [2.45, 2.75) is 6.54 Å². The van der Waals surface area contributed by atoms with Gasteiger partial charge in [0, 0.05) is 16.6 Å². The number of hydrogen-bond acceptors (Lipinski definition) is 2. The molecule has 2 aromatic rings. The average Bonchev–Trinajstić information content (AvgIpc) is 2.32. The summed E-state index contributed by atoms with van der Waals surface area (Å²) >= 11 is 2.97. The van der Waals surface area contributed by atoms with Gasteiger partial charge in [-0.05, 0) is 30.3 Å². The van der Waals surface area contributed by atoms with Crippen LogP contribution in [0.1, 0.15) is 5.56 Å². The second-order valence-corrected chi connectivity index (χ2v) is 4.79. The van der Waals surface area contributed by atoms with Crippen molar-refractivity contribution >= 4 is 21.6 Å². The highest BCUT2D eigenvalue weighted by Gasteiger charge is 2.11. The van der Waals surface area contributed by atoms with E-state index in [0.717, 1.165) is 24.3 Å². The minimum Gasteiger partial charge on any atom is -0.508 e. The van der Waals surface area contributed by atoms with E-state index in [1.54, 1.807) is 0 Å². The SMILES string of the molecule is Oc1ccc(F)cc1CNc1c(F)cc(Br)cc1F. The number of phenolic OH excluding ortho intramolecular Hbond substituents is 1. The Morgan fingerprint density at radius 2 is 1.68 bits per heavy atom. The van der Waals surface area contributed by atoms with E-state index in [1.165, 1.54) is 6.07 Å². The van der Waals surface area contributed by atoms with Gasteiger partial charge in [-0.2, -0.15) is 0 Å². The van der Waals surface area contributed by atoms with Gasteiger partial charge in [0.2, 0.25) is 0 Å². The third-order valence-electron chi connectivity index (χ3n) is 2.50. The van der Waals surface area contributed by atoms with Gasteiger partial charge in [0.25, 0.3) is 0 Å². The van der Waals surface area contributed by atoms with Crippen molar-refractivity contribution in [1.29, 1.82) is 0 Å². The Bertz CT molecular complexity index is 596. The molecule has 100 valence electrons. The third kappa shape index (κ3) is 3.20. The predicted molar refractivity (Wildman–Crippen MR) is 69.4 cm³/mol. The Labute approximate surface area is 116 Å². The van der Waals surface area contributed by atoms with Crippen LogP contribution in [-0.2, 0) is 6.54 Å². The lowest BCUT2D eigenvalue weighted by atomic mass is 10.2. The summed E-state index contributed by atoms with van der Waals surface area (Å²) in [5.74, 6) is -2.23. The molecule has 0 heterocycles. The largest absolute Gasteiger partial charge is 0.508 e. The molecule has 0 spiro atoms. The highest BCUT2D eigenvalue weighted by Crippen LogP contribution is 2.25. The second-order valence-electron chi connectivity index (χ2n) is 3.87. The Morgan fingerprint density at radius 1 is 1.05 bits per heavy atom. The molecule has 19 heavy (non-hydrogen) atoms. The molecule has 0 radical (unpaired) electrons. The third-order valence-corrected chi connectivity index (χ3v) is 2.96. The molecular weight excluding hydrogens is 323 g/mol. The molecule has 0 aromatic heterocycles. The minimum absolute atomic E-state index is 0.0981. The van der Waals surface area contributed by atoms with Gasteiger partial charge in [-0.15, -0.1) is 0 Å². The number of aromatic hydroxyl groups is 1. The summed E-state index contributed by atoms with van der Waals surface area (Å²) in [6.07, 6.45) is 0. The number of benzene rings is 2. The predicted octanol–water partition coefficient (Wildman–Crippen LogP) is 4.18. The van der Waals surface area contributed by atoms with E-state index in [2.05, 4.69) is 21.2 Å². The van der Waals surface area contributed by atoms with Crippen molar-refractivity contribution in [3.05, 3.63) is 57.8 Å². The van der Waals surface area contributed by atoms with Crippen LogP contribution in [0.2, 0.25) is 0 Å². The van der Waals surface area contributed by atoms with Crippen LogP contribution in [0, 0.1) is 17.5 Å². The molecule has 2 rings (SSSR count). The maximum Gasteiger partial charge on any atom is 0.150 e. The molecule has 0 atom stereocenters. The van der Waals surface area contributed by atoms with E-state index in [9.17, 15) is 18.3 Å². The maximum absolute atomic E-state index is 13.5. The number of hydrogen-bond donors (Lipinski definition) is 2. The standard InChI is InChI=1S/C13H9BrF3NO/c14-8-4-10(16)13(11(17)5-8)18-6-7-3-9(15)1-2-12(7)19/h1-5,18-19H,6H2. The summed E-state index contributed by atoms with van der Waals surface area (Å²) in [7, 11) is 0. The lowest BCUT2D eigenvalue weighted by molar-refractivity contribution is 0.466. The fourth-order valence-electron chi connectivity index (χ4n) is 1.59. The molecule has 0 aliphatic heterocycles. The molecule has 0 aliphatic carbocycles. The molecule has 0 fully saturated rings. The summed E-state index contributed by atoms with van der Waals surface area (Å²) in [5, 5.41) is 12.0. The van der Waals surface area contributed by atoms with Crippen LogP contribution in [0.4, 0.5) is 18.9 Å². The van der Waals surface area contributed by atoms with Crippen LogP contribution in [-0.4, -0.2) is 5.11 Å². The molecule has 0 saturated heterocycles. The minimum atomic E-state index is -0.775. The van der Waals surface area contributed by atoms with Crippen LogP contribution in [0.25, 0.3) is 0 Å². The number of rotatable bonds is 3. The van der Waals surface area contributed by atoms with Gasteiger partial charge in [-0.1, -0.05) is 15.9 Å². The zero-order valence-corrected chi connectivity index (χ0v) is 11.1. The monoisotopic (exact) mass is 331 g/mol. The smallest absolute Gasteiger partial charge is 0.150 e. The highest BCUT2D eigenvalue weighted by molar-refractivity contribution is 9.10. The molecule has 6 heteroatoms. The fraction of sp³-hybridized carbons (Fsp3) is 0.0769. The van der Waals surface area contributed by atoms with Gasteiger partial charge in [0.15, 0.2) is 0 Å². The number of halogens is 4. The van der Waals surface area contributed by atoms with Crippen molar-refractivity contribution < 1.29 is 18.3 Å². The summed E-state index contributed by atoms with van der Waals surface area (Å²) in [6, 6.07) is 5.59. The molecule has 2 aromatic carbocycles. The Morgan fingerprint density at radius 3 is 2.32 bits per heavy atom. The van der Waals surface area contributed by atoms with Gasteiger partial charge >= 0.3 is 0 Å². The lowest BCUT2D eigenvalue weighted by Crippen LogP contribution is -2.04. The number of phenols is 1. The zero-order chi connectivity index (χ0) is 14.0. The van der Waals surface area contributed by atoms with Crippen LogP contribution >= 0.6 is 15.9 Å². The summed E-state index contributed by atoms with van der Waals surface area (Å²) in [4.78, 5) is 0. The van der Waals surface area contributed by atoms with Crippen molar-refractivity contribution in [3.8, 4) is 5.75 Å². The Kier molecular flexibility index (Phi) is 3.99. The average molecular weight is 332 g/mol. The lowest BCUT2D eigenvalue weighted by Gasteiger charge is -2.10. The summed E-state index contributed by atoms with van der Waals surface area (Å²) in [6.45, 7) is -0.0981. The molecule has 2 N–H and O–H groups in total. The molecule has 0 unspecified atom stereocenters. The zero-order valence-electron chi connectivity index (χ0n) is 9.55. The van der Waals surface area contributed by atoms with Crippen LogP contribution in [0.5, 0.6) is 5.75 Å². The maximum atomic E-state index is 13.5. The van der Waals surface area contributed by atoms with Gasteiger partial charge in [-0.3, -0.25) is 0 Å². The van der Waals surface area contributed by atoms with E-state index >= 15 is 0 Å². The normalized spacial score (nSPS) is 10.5. The topological polar surface area (TPSA) is 32.3 Å². The first-order valence-corrected chi connectivity index (χ1v) is 6.12. The van der Waals surface area contributed by atoms with E-state index in [0.29, 0.717) is 0 Å².